The minimum Gasteiger partial charge on any atom is -0.414 e. The first-order chi connectivity index (χ1) is 15.4. The van der Waals surface area contributed by atoms with Crippen molar-refractivity contribution in [2.24, 2.45) is 0 Å². The molecule has 3 aromatic rings. The number of carbonyl (C=O) groups excluding carboxylic acids is 1. The highest BCUT2D eigenvalue weighted by molar-refractivity contribution is 5.86. The molecular formula is C27H34N3O2+. The second-order valence-corrected chi connectivity index (χ2v) is 10.3. The number of fused-ring (bicyclic) bond motifs is 2. The van der Waals surface area contributed by atoms with Crippen LogP contribution in [-0.2, 0) is 11.2 Å². The van der Waals surface area contributed by atoms with Gasteiger partial charge in [-0.15, -0.1) is 0 Å². The number of quaternary nitrogens is 1. The topological polar surface area (TPSA) is 58.6 Å². The Hall–Kier alpha value is -2.79. The molecule has 5 heteroatoms. The molecule has 168 valence electrons. The van der Waals surface area contributed by atoms with E-state index in [0.717, 1.165) is 49.4 Å². The summed E-state index contributed by atoms with van der Waals surface area (Å²) in [5.41, 5.74) is 6.19. The van der Waals surface area contributed by atoms with Gasteiger partial charge >= 0.3 is 6.09 Å². The predicted octanol–water partition coefficient (Wildman–Crippen LogP) is 4.96. The number of benzene rings is 2. The van der Waals surface area contributed by atoms with Crippen molar-refractivity contribution in [3.05, 3.63) is 65.4 Å². The monoisotopic (exact) mass is 432 g/mol. The van der Waals surface area contributed by atoms with Crippen molar-refractivity contribution in [1.29, 1.82) is 0 Å². The molecule has 0 bridgehead atoms. The lowest BCUT2D eigenvalue weighted by Gasteiger charge is -2.29. The van der Waals surface area contributed by atoms with E-state index in [9.17, 15) is 4.79 Å². The minimum atomic E-state index is -0.426. The van der Waals surface area contributed by atoms with Crippen molar-refractivity contribution < 1.29 is 14.4 Å². The molecule has 0 radical (unpaired) electrons. The summed E-state index contributed by atoms with van der Waals surface area (Å²) in [6.45, 7) is 7.44. The summed E-state index contributed by atoms with van der Waals surface area (Å²) in [7, 11) is 0. The molecule has 32 heavy (non-hydrogen) atoms. The number of aryl methyl sites for hydroxylation is 1. The number of likely N-dealkylation sites (tertiary alicyclic amines) is 1. The number of aromatic nitrogens is 1. The molecule has 2 aliphatic rings. The van der Waals surface area contributed by atoms with Crippen LogP contribution in [0, 0.1) is 0 Å². The number of nitrogens with one attached hydrogen (secondary N) is 3. The molecule has 3 N–H and O–H groups in total. The van der Waals surface area contributed by atoms with E-state index < -0.39 is 5.60 Å². The van der Waals surface area contributed by atoms with Gasteiger partial charge in [0, 0.05) is 35.6 Å². The van der Waals surface area contributed by atoms with Gasteiger partial charge < -0.3 is 15.0 Å². The summed E-state index contributed by atoms with van der Waals surface area (Å²) >= 11 is 0. The average molecular weight is 433 g/mol. The first-order valence-electron chi connectivity index (χ1n) is 11.9. The van der Waals surface area contributed by atoms with Gasteiger partial charge in [0.2, 0.25) is 0 Å². The standard InChI is InChI=1S/C27H33N3O2/c1-27(2,3)32-26(31)30-14-12-19(13-15-30)23-17-28-25-16-20(9-10-22(23)25)29-24-11-8-18-6-4-5-7-21(18)24/h4-7,9-10,16-17,19,24,28-29H,8,11-15H2,1-3H3/p+1. The number of rotatable bonds is 3. The SMILES string of the molecule is CC(C)(C)OC(=O)[NH+]1CCC(c2c[nH]c3cc(NC4CCc5ccccc54)ccc23)CC1. The molecule has 1 fully saturated rings. The molecular weight excluding hydrogens is 398 g/mol. The number of aromatic amines is 1. The molecule has 5 nitrogen and oxygen atoms in total. The largest absolute Gasteiger partial charge is 0.514 e. The number of carbonyl (C=O) groups is 1. The molecule has 0 saturated carbocycles. The minimum absolute atomic E-state index is 0.112. The van der Waals surface area contributed by atoms with E-state index in [2.05, 4.69) is 59.0 Å². The zero-order valence-electron chi connectivity index (χ0n) is 19.3. The maximum atomic E-state index is 12.4. The molecule has 1 saturated heterocycles. The van der Waals surface area contributed by atoms with Crippen LogP contribution in [0.3, 0.4) is 0 Å². The van der Waals surface area contributed by atoms with E-state index in [4.69, 9.17) is 4.74 Å². The van der Waals surface area contributed by atoms with E-state index in [1.807, 2.05) is 20.8 Å². The van der Waals surface area contributed by atoms with Crippen LogP contribution in [0.4, 0.5) is 10.5 Å². The summed E-state index contributed by atoms with van der Waals surface area (Å²) < 4.78 is 5.57. The Labute approximate surface area is 190 Å². The molecule has 1 aliphatic carbocycles. The number of hydrogen-bond acceptors (Lipinski definition) is 3. The first-order valence-corrected chi connectivity index (χ1v) is 11.9. The molecule has 2 aromatic carbocycles. The lowest BCUT2D eigenvalue weighted by molar-refractivity contribution is -0.831. The van der Waals surface area contributed by atoms with Crippen molar-refractivity contribution in [2.75, 3.05) is 18.4 Å². The number of alkyl carbamates (subject to hydrolysis) is 2. The van der Waals surface area contributed by atoms with Gasteiger partial charge in [0.1, 0.15) is 5.60 Å². The quantitative estimate of drug-likeness (QED) is 0.548. The van der Waals surface area contributed by atoms with Crippen molar-refractivity contribution in [1.82, 2.24) is 4.98 Å². The molecule has 5 rings (SSSR count). The highest BCUT2D eigenvalue weighted by Crippen LogP contribution is 2.36. The van der Waals surface area contributed by atoms with Gasteiger partial charge in [-0.1, -0.05) is 30.3 Å². The van der Waals surface area contributed by atoms with Gasteiger partial charge in [-0.25, -0.2) is 4.90 Å². The van der Waals surface area contributed by atoms with Crippen molar-refractivity contribution >= 4 is 22.7 Å². The number of piperidine rings is 1. The van der Waals surface area contributed by atoms with Gasteiger partial charge in [-0.2, -0.15) is 4.79 Å². The lowest BCUT2D eigenvalue weighted by atomic mass is 9.89. The molecule has 1 atom stereocenters. The van der Waals surface area contributed by atoms with Crippen LogP contribution in [0.5, 0.6) is 0 Å². The summed E-state index contributed by atoms with van der Waals surface area (Å²) in [5.74, 6) is 0.482. The summed E-state index contributed by atoms with van der Waals surface area (Å²) in [4.78, 5) is 16.8. The zero-order chi connectivity index (χ0) is 22.3. The fourth-order valence-electron chi connectivity index (χ4n) is 5.32. The zero-order valence-corrected chi connectivity index (χ0v) is 19.3. The Bertz CT molecular complexity index is 1120. The Morgan fingerprint density at radius 1 is 1.06 bits per heavy atom. The fraction of sp³-hybridized carbons (Fsp3) is 0.444. The number of hydrogen-bond donors (Lipinski definition) is 3. The van der Waals surface area contributed by atoms with Crippen LogP contribution in [0.2, 0.25) is 0 Å². The molecule has 1 unspecified atom stereocenters. The summed E-state index contributed by atoms with van der Waals surface area (Å²) in [6.07, 6.45) is 6.35. The highest BCUT2D eigenvalue weighted by atomic mass is 16.6. The molecule has 1 aliphatic heterocycles. The van der Waals surface area contributed by atoms with E-state index >= 15 is 0 Å². The third kappa shape index (κ3) is 4.26. The first kappa shape index (κ1) is 21.1. The number of amides is 1. The highest BCUT2D eigenvalue weighted by Gasteiger charge is 2.33. The van der Waals surface area contributed by atoms with Gasteiger partial charge in [0.05, 0.1) is 19.1 Å². The van der Waals surface area contributed by atoms with Crippen molar-refractivity contribution in [3.63, 3.8) is 0 Å². The van der Waals surface area contributed by atoms with Gasteiger partial charge in [0.25, 0.3) is 0 Å². The second kappa shape index (κ2) is 8.28. The van der Waals surface area contributed by atoms with E-state index in [-0.39, 0.29) is 6.09 Å². The van der Waals surface area contributed by atoms with E-state index in [1.54, 1.807) is 0 Å². The van der Waals surface area contributed by atoms with Gasteiger partial charge in [0.15, 0.2) is 0 Å². The van der Waals surface area contributed by atoms with Crippen LogP contribution in [0.25, 0.3) is 10.9 Å². The second-order valence-electron chi connectivity index (χ2n) is 10.3. The van der Waals surface area contributed by atoms with E-state index in [0.29, 0.717) is 12.0 Å². The van der Waals surface area contributed by atoms with Crippen LogP contribution >= 0.6 is 0 Å². The van der Waals surface area contributed by atoms with Crippen molar-refractivity contribution in [2.45, 2.75) is 64.0 Å². The summed E-state index contributed by atoms with van der Waals surface area (Å²) in [6, 6.07) is 15.8. The predicted molar refractivity (Wildman–Crippen MR) is 128 cm³/mol. The van der Waals surface area contributed by atoms with Gasteiger partial charge in [-0.05, 0) is 68.4 Å². The maximum absolute atomic E-state index is 12.4. The average Bonchev–Trinajstić information content (AvgIpc) is 3.37. The number of anilines is 1. The van der Waals surface area contributed by atoms with Crippen LogP contribution < -0.4 is 10.2 Å². The number of H-pyrrole nitrogens is 1. The third-order valence-electron chi connectivity index (χ3n) is 6.90. The number of ether oxygens (including phenoxy) is 1. The Balaban J connectivity index is 1.26. The van der Waals surface area contributed by atoms with Crippen LogP contribution in [0.1, 0.15) is 68.7 Å². The smallest absolute Gasteiger partial charge is 0.414 e. The fourth-order valence-corrected chi connectivity index (χ4v) is 5.32. The molecule has 0 spiro atoms. The summed E-state index contributed by atoms with van der Waals surface area (Å²) in [5, 5.41) is 5.04. The van der Waals surface area contributed by atoms with Gasteiger partial charge in [-0.3, -0.25) is 0 Å². The van der Waals surface area contributed by atoms with Crippen LogP contribution in [0.15, 0.2) is 48.7 Å². The Kier molecular flexibility index (Phi) is 5.46. The molecule has 1 amide bonds. The maximum Gasteiger partial charge on any atom is 0.514 e. The third-order valence-corrected chi connectivity index (χ3v) is 6.90. The Morgan fingerprint density at radius 3 is 2.62 bits per heavy atom. The molecule has 2 heterocycles. The normalized spacial score (nSPS) is 23.2. The van der Waals surface area contributed by atoms with Crippen molar-refractivity contribution in [3.8, 4) is 0 Å². The van der Waals surface area contributed by atoms with E-state index in [1.165, 1.54) is 27.6 Å². The lowest BCUT2D eigenvalue weighted by Crippen LogP contribution is -3.15. The molecule has 1 aromatic heterocycles. The van der Waals surface area contributed by atoms with Crippen LogP contribution in [-0.4, -0.2) is 29.8 Å². The Morgan fingerprint density at radius 2 is 1.84 bits per heavy atom.